The number of hydrogen-bond donors (Lipinski definition) is 0. The van der Waals surface area contributed by atoms with Gasteiger partial charge in [0.25, 0.3) is 0 Å². The fourth-order valence-corrected chi connectivity index (χ4v) is 7.51. The number of hydrogen-bond acceptors (Lipinski definition) is 3. The van der Waals surface area contributed by atoms with Crippen LogP contribution >= 0.6 is 0 Å². The first kappa shape index (κ1) is 13.5. The van der Waals surface area contributed by atoms with Gasteiger partial charge in [-0.3, -0.25) is 9.69 Å². The Morgan fingerprint density at radius 3 is 3.12 bits per heavy atom. The highest BCUT2D eigenvalue weighted by Crippen LogP contribution is 2.65. The number of amides is 1. The molecule has 25 heavy (non-hydrogen) atoms. The molecule has 0 radical (unpaired) electrons. The zero-order chi connectivity index (χ0) is 16.3. The fourth-order valence-electron chi connectivity index (χ4n) is 7.51. The standard InChI is InChI=1S/C21H22N2O2/c24-18-10-16-19-13-9-17-21(6-7-22(17)11-12(13)5-8-25-16)14-3-1-2-4-15(14)23(18)20(19)21/h1-5,13,16-17,19-20H,6-11H2/t13-,16?,17-,19-,20?,21+/m1/s1. The van der Waals surface area contributed by atoms with Gasteiger partial charge in [-0.25, -0.2) is 0 Å². The number of benzene rings is 1. The summed E-state index contributed by atoms with van der Waals surface area (Å²) in [5, 5.41) is 0. The Kier molecular flexibility index (Phi) is 2.27. The number of anilines is 1. The van der Waals surface area contributed by atoms with Crippen LogP contribution in [-0.2, 0) is 14.9 Å². The Labute approximate surface area is 147 Å². The molecule has 1 saturated carbocycles. The molecule has 0 N–H and O–H groups in total. The lowest BCUT2D eigenvalue weighted by Crippen LogP contribution is -2.69. The van der Waals surface area contributed by atoms with Crippen LogP contribution in [-0.4, -0.2) is 48.7 Å². The van der Waals surface area contributed by atoms with E-state index in [0.717, 1.165) is 6.54 Å². The summed E-state index contributed by atoms with van der Waals surface area (Å²) in [5.74, 6) is 1.35. The van der Waals surface area contributed by atoms with E-state index in [0.29, 0.717) is 36.9 Å². The Balaban J connectivity index is 1.55. The molecule has 1 amide bonds. The Morgan fingerprint density at radius 2 is 2.16 bits per heavy atom. The number of piperidine rings is 2. The van der Waals surface area contributed by atoms with Crippen molar-refractivity contribution in [2.45, 2.75) is 42.9 Å². The predicted octanol–water partition coefficient (Wildman–Crippen LogP) is 2.09. The van der Waals surface area contributed by atoms with Gasteiger partial charge in [0, 0.05) is 29.6 Å². The van der Waals surface area contributed by atoms with Gasteiger partial charge in [0.05, 0.1) is 25.2 Å². The van der Waals surface area contributed by atoms with Crippen LogP contribution in [0, 0.1) is 11.8 Å². The molecule has 4 heteroatoms. The summed E-state index contributed by atoms with van der Waals surface area (Å²) in [5.41, 5.74) is 4.35. The van der Waals surface area contributed by atoms with Gasteiger partial charge in [0.15, 0.2) is 0 Å². The molecule has 2 bridgehead atoms. The van der Waals surface area contributed by atoms with E-state index in [4.69, 9.17) is 4.74 Å². The van der Waals surface area contributed by atoms with Crippen molar-refractivity contribution in [1.29, 1.82) is 0 Å². The van der Waals surface area contributed by atoms with Gasteiger partial charge in [0.1, 0.15) is 0 Å². The number of rotatable bonds is 0. The van der Waals surface area contributed by atoms with E-state index in [-0.39, 0.29) is 17.4 Å². The summed E-state index contributed by atoms with van der Waals surface area (Å²) in [6.45, 7) is 2.97. The maximum absolute atomic E-state index is 13.2. The topological polar surface area (TPSA) is 32.8 Å². The highest BCUT2D eigenvalue weighted by atomic mass is 16.5. The van der Waals surface area contributed by atoms with Crippen LogP contribution in [0.2, 0.25) is 0 Å². The molecule has 1 aromatic carbocycles. The van der Waals surface area contributed by atoms with Gasteiger partial charge in [-0.15, -0.1) is 0 Å². The molecule has 4 fully saturated rings. The quantitative estimate of drug-likeness (QED) is 0.681. The average molecular weight is 334 g/mol. The van der Waals surface area contributed by atoms with Crippen LogP contribution in [0.15, 0.2) is 35.9 Å². The minimum atomic E-state index is 0.104. The highest BCUT2D eigenvalue weighted by molar-refractivity contribution is 5.99. The fraction of sp³-hybridized carbons (Fsp3) is 0.571. The van der Waals surface area contributed by atoms with Gasteiger partial charge >= 0.3 is 0 Å². The number of nitrogens with zero attached hydrogens (tertiary/aromatic N) is 2. The van der Waals surface area contributed by atoms with Crippen molar-refractivity contribution in [2.24, 2.45) is 11.8 Å². The lowest BCUT2D eigenvalue weighted by Gasteiger charge is -2.58. The first-order valence-electron chi connectivity index (χ1n) is 9.75. The molecule has 2 unspecified atom stereocenters. The van der Waals surface area contributed by atoms with Crippen molar-refractivity contribution in [3.63, 3.8) is 0 Å². The molecule has 4 nitrogen and oxygen atoms in total. The summed E-state index contributed by atoms with van der Waals surface area (Å²) in [7, 11) is 0. The van der Waals surface area contributed by atoms with Crippen molar-refractivity contribution >= 4 is 11.6 Å². The zero-order valence-electron chi connectivity index (χ0n) is 14.2. The molecule has 5 aliphatic heterocycles. The van der Waals surface area contributed by atoms with Crippen LogP contribution in [0.25, 0.3) is 0 Å². The summed E-state index contributed by atoms with van der Waals surface area (Å²) >= 11 is 0. The number of ether oxygens (including phenoxy) is 1. The van der Waals surface area contributed by atoms with E-state index in [2.05, 4.69) is 40.1 Å². The third-order valence-electron chi connectivity index (χ3n) is 8.22. The molecule has 0 aromatic heterocycles. The average Bonchev–Trinajstić information content (AvgIpc) is 3.10. The lowest BCUT2D eigenvalue weighted by atomic mass is 9.53. The minimum Gasteiger partial charge on any atom is -0.373 e. The van der Waals surface area contributed by atoms with Crippen molar-refractivity contribution in [1.82, 2.24) is 4.90 Å². The van der Waals surface area contributed by atoms with Crippen LogP contribution in [0.1, 0.15) is 24.8 Å². The summed E-state index contributed by atoms with van der Waals surface area (Å²) < 4.78 is 6.25. The van der Waals surface area contributed by atoms with Crippen molar-refractivity contribution < 1.29 is 9.53 Å². The Bertz CT molecular complexity index is 848. The van der Waals surface area contributed by atoms with E-state index in [1.807, 2.05) is 0 Å². The minimum absolute atomic E-state index is 0.104. The van der Waals surface area contributed by atoms with Crippen LogP contribution in [0.3, 0.4) is 0 Å². The van der Waals surface area contributed by atoms with Crippen molar-refractivity contribution in [3.8, 4) is 0 Å². The normalized spacial score (nSPS) is 45.9. The SMILES string of the molecule is O=C1CC2OCC=C3CN4CC[C@@]56c7ccccc7N1C5[C@@H]2[C@@H]3C[C@@H]46. The van der Waals surface area contributed by atoms with E-state index < -0.39 is 0 Å². The molecule has 128 valence electrons. The first-order chi connectivity index (χ1) is 12.3. The summed E-state index contributed by atoms with van der Waals surface area (Å²) in [6.07, 6.45) is 5.43. The zero-order valence-corrected chi connectivity index (χ0v) is 14.2. The number of carbonyl (C=O) groups excluding carboxylic acids is 1. The summed E-state index contributed by atoms with van der Waals surface area (Å²) in [6, 6.07) is 9.64. The highest BCUT2D eigenvalue weighted by Gasteiger charge is 2.70. The molecule has 3 saturated heterocycles. The monoisotopic (exact) mass is 334 g/mol. The van der Waals surface area contributed by atoms with Crippen LogP contribution in [0.4, 0.5) is 5.69 Å². The van der Waals surface area contributed by atoms with Gasteiger partial charge in [-0.1, -0.05) is 29.8 Å². The molecule has 6 aliphatic rings. The van der Waals surface area contributed by atoms with Crippen molar-refractivity contribution in [2.75, 3.05) is 24.6 Å². The molecule has 5 heterocycles. The molecule has 1 spiro atoms. The molecular weight excluding hydrogens is 312 g/mol. The second-order valence-electron chi connectivity index (χ2n) is 8.78. The van der Waals surface area contributed by atoms with Gasteiger partial charge in [0.2, 0.25) is 5.91 Å². The van der Waals surface area contributed by atoms with Crippen molar-refractivity contribution in [3.05, 3.63) is 41.5 Å². The Morgan fingerprint density at radius 1 is 1.24 bits per heavy atom. The maximum Gasteiger partial charge on any atom is 0.229 e. The predicted molar refractivity (Wildman–Crippen MR) is 93.4 cm³/mol. The Hall–Kier alpha value is -1.65. The third-order valence-corrected chi connectivity index (χ3v) is 8.22. The van der Waals surface area contributed by atoms with Gasteiger partial charge in [-0.2, -0.15) is 0 Å². The lowest BCUT2D eigenvalue weighted by molar-refractivity contribution is -0.132. The number of para-hydroxylation sites is 1. The number of carbonyl (C=O) groups is 1. The second kappa shape index (κ2) is 4.18. The van der Waals surface area contributed by atoms with Crippen LogP contribution in [0.5, 0.6) is 0 Å². The maximum atomic E-state index is 13.2. The molecule has 6 atom stereocenters. The van der Waals surface area contributed by atoms with Gasteiger partial charge in [-0.05, 0) is 36.9 Å². The summed E-state index contributed by atoms with van der Waals surface area (Å²) in [4.78, 5) is 18.1. The molecule has 7 rings (SSSR count). The first-order valence-corrected chi connectivity index (χ1v) is 9.75. The number of fused-ring (bicyclic) bond motifs is 2. The molecule has 1 aliphatic carbocycles. The van der Waals surface area contributed by atoms with E-state index >= 15 is 0 Å². The van der Waals surface area contributed by atoms with Crippen LogP contribution < -0.4 is 4.90 Å². The van der Waals surface area contributed by atoms with E-state index in [9.17, 15) is 4.79 Å². The third kappa shape index (κ3) is 1.33. The van der Waals surface area contributed by atoms with E-state index in [1.54, 1.807) is 5.57 Å². The molecular formula is C21H22N2O2. The molecule has 1 aromatic rings. The van der Waals surface area contributed by atoms with E-state index in [1.165, 1.54) is 30.6 Å². The smallest absolute Gasteiger partial charge is 0.229 e. The second-order valence-corrected chi connectivity index (χ2v) is 8.78. The largest absolute Gasteiger partial charge is 0.373 e. The van der Waals surface area contributed by atoms with Gasteiger partial charge < -0.3 is 9.64 Å².